The molecule has 0 bridgehead atoms. The zero-order valence-corrected chi connectivity index (χ0v) is 21.3. The van der Waals surface area contributed by atoms with Gasteiger partial charge in [0.25, 0.3) is 5.69 Å². The fourth-order valence-corrected chi connectivity index (χ4v) is 5.67. The Balaban J connectivity index is 1.71. The van der Waals surface area contributed by atoms with E-state index in [-0.39, 0.29) is 29.7 Å². The van der Waals surface area contributed by atoms with Crippen molar-refractivity contribution in [1.82, 2.24) is 4.90 Å². The van der Waals surface area contributed by atoms with Gasteiger partial charge in [-0.25, -0.2) is 4.79 Å². The van der Waals surface area contributed by atoms with Crippen LogP contribution in [0.2, 0.25) is 18.1 Å². The van der Waals surface area contributed by atoms with Gasteiger partial charge in [0.15, 0.2) is 20.1 Å². The van der Waals surface area contributed by atoms with E-state index in [1.807, 2.05) is 6.92 Å². The minimum atomic E-state index is -2.17. The van der Waals surface area contributed by atoms with Gasteiger partial charge in [-0.3, -0.25) is 19.7 Å². The van der Waals surface area contributed by atoms with E-state index in [1.54, 1.807) is 0 Å². The number of piperidine rings is 1. The molecule has 5 atom stereocenters. The minimum Gasteiger partial charge on any atom is -0.459 e. The number of nitro benzene ring substituents is 1. The van der Waals surface area contributed by atoms with Gasteiger partial charge in [0, 0.05) is 18.6 Å². The first kappa shape index (κ1) is 26.0. The van der Waals surface area contributed by atoms with Crippen LogP contribution in [-0.2, 0) is 30.2 Å². The molecule has 0 aliphatic carbocycles. The van der Waals surface area contributed by atoms with E-state index in [0.717, 1.165) is 0 Å². The summed E-state index contributed by atoms with van der Waals surface area (Å²) in [4.78, 5) is 49.9. The molecule has 2 heterocycles. The molecule has 0 saturated carbocycles. The third-order valence-corrected chi connectivity index (χ3v) is 11.8. The second kappa shape index (κ2) is 9.20. The highest BCUT2D eigenvalue weighted by molar-refractivity contribution is 6.74. The third kappa shape index (κ3) is 4.77. The van der Waals surface area contributed by atoms with Crippen molar-refractivity contribution in [2.45, 2.75) is 83.1 Å². The third-order valence-electron chi connectivity index (χ3n) is 7.21. The molecular weight excluding hydrogens is 460 g/mol. The molecule has 11 heteroatoms. The van der Waals surface area contributed by atoms with E-state index in [4.69, 9.17) is 9.16 Å². The summed E-state index contributed by atoms with van der Waals surface area (Å²) in [5, 5.41) is 21.1. The van der Waals surface area contributed by atoms with Crippen molar-refractivity contribution in [3.8, 4) is 0 Å². The number of aliphatic hydroxyl groups is 1. The average Bonchev–Trinajstić information content (AvgIpc) is 2.73. The molecule has 1 aromatic rings. The molecule has 2 fully saturated rings. The second-order valence-electron chi connectivity index (χ2n) is 10.5. The number of amides is 1. The molecule has 1 aromatic carbocycles. The molecule has 34 heavy (non-hydrogen) atoms. The van der Waals surface area contributed by atoms with Gasteiger partial charge in [-0.1, -0.05) is 20.8 Å². The minimum absolute atomic E-state index is 0.0467. The molecule has 2 saturated heterocycles. The Kier molecular flexibility index (Phi) is 7.03. The van der Waals surface area contributed by atoms with Gasteiger partial charge in [0.05, 0.1) is 23.0 Å². The van der Waals surface area contributed by atoms with Crippen LogP contribution in [0.5, 0.6) is 0 Å². The van der Waals surface area contributed by atoms with Gasteiger partial charge in [0.2, 0.25) is 5.91 Å². The molecule has 186 valence electrons. The highest BCUT2D eigenvalue weighted by Gasteiger charge is 2.61. The SMILES string of the molecule is C[C@@H](O[Si](C)(C)C(C)(C)C)[C@H]1C(=O)N2[C@H](C(=O)OCc3ccc([N+](=O)[O-])cc3)C(O)C(=O)C[C@H]12. The van der Waals surface area contributed by atoms with E-state index in [9.17, 15) is 29.6 Å². The number of nitrogens with zero attached hydrogens (tertiary/aromatic N) is 2. The summed E-state index contributed by atoms with van der Waals surface area (Å²) in [6.07, 6.45) is -2.15. The molecule has 1 amide bonds. The van der Waals surface area contributed by atoms with Crippen LogP contribution in [0.3, 0.4) is 0 Å². The number of hydrogen-bond donors (Lipinski definition) is 1. The Bertz CT molecular complexity index is 988. The van der Waals surface area contributed by atoms with Crippen molar-refractivity contribution in [3.63, 3.8) is 0 Å². The first-order valence-corrected chi connectivity index (χ1v) is 14.2. The molecule has 2 aliphatic rings. The summed E-state index contributed by atoms with van der Waals surface area (Å²) in [5.74, 6) is -2.33. The molecule has 0 radical (unpaired) electrons. The Morgan fingerprint density at radius 1 is 1.26 bits per heavy atom. The largest absolute Gasteiger partial charge is 0.459 e. The zero-order chi connectivity index (χ0) is 25.6. The van der Waals surface area contributed by atoms with Crippen LogP contribution in [0.25, 0.3) is 0 Å². The number of esters is 1. The highest BCUT2D eigenvalue weighted by atomic mass is 28.4. The summed E-state index contributed by atoms with van der Waals surface area (Å²) in [6.45, 7) is 12.1. The lowest BCUT2D eigenvalue weighted by Crippen LogP contribution is -2.75. The topological polar surface area (TPSA) is 136 Å². The fourth-order valence-electron chi connectivity index (χ4n) is 4.24. The maximum Gasteiger partial charge on any atom is 0.332 e. The maximum atomic E-state index is 13.1. The number of hydrogen-bond acceptors (Lipinski definition) is 8. The van der Waals surface area contributed by atoms with Crippen molar-refractivity contribution in [1.29, 1.82) is 0 Å². The van der Waals surface area contributed by atoms with Crippen molar-refractivity contribution in [2.24, 2.45) is 5.92 Å². The van der Waals surface area contributed by atoms with E-state index in [2.05, 4.69) is 33.9 Å². The predicted octanol–water partition coefficient (Wildman–Crippen LogP) is 2.58. The van der Waals surface area contributed by atoms with Gasteiger partial charge < -0.3 is 19.2 Å². The maximum absolute atomic E-state index is 13.1. The Labute approximate surface area is 199 Å². The lowest BCUT2D eigenvalue weighted by molar-refractivity contribution is -0.384. The van der Waals surface area contributed by atoms with Gasteiger partial charge in [0.1, 0.15) is 12.7 Å². The number of β-lactam (4-membered cyclic amide) rings is 1. The number of aliphatic hydroxyl groups excluding tert-OH is 1. The van der Waals surface area contributed by atoms with Crippen molar-refractivity contribution in [2.75, 3.05) is 0 Å². The van der Waals surface area contributed by atoms with Crippen molar-refractivity contribution < 1.29 is 33.6 Å². The number of carbonyl (C=O) groups excluding carboxylic acids is 3. The number of fused-ring (bicyclic) bond motifs is 1. The lowest BCUT2D eigenvalue weighted by Gasteiger charge is -2.56. The van der Waals surface area contributed by atoms with E-state index in [1.165, 1.54) is 29.2 Å². The average molecular weight is 493 g/mol. The van der Waals surface area contributed by atoms with Crippen LogP contribution in [0, 0.1) is 16.0 Å². The van der Waals surface area contributed by atoms with E-state index in [0.29, 0.717) is 5.56 Å². The normalized spacial score (nSPS) is 25.9. The van der Waals surface area contributed by atoms with Gasteiger partial charge in [-0.2, -0.15) is 0 Å². The van der Waals surface area contributed by atoms with E-state index < -0.39 is 55.2 Å². The number of ether oxygens (including phenoxy) is 1. The number of carbonyl (C=O) groups is 3. The molecular formula is C23H32N2O8Si. The molecule has 3 rings (SSSR count). The van der Waals surface area contributed by atoms with E-state index >= 15 is 0 Å². The number of nitro groups is 1. The first-order chi connectivity index (χ1) is 15.7. The molecule has 0 aromatic heterocycles. The summed E-state index contributed by atoms with van der Waals surface area (Å²) < 4.78 is 11.6. The molecule has 2 aliphatic heterocycles. The fraction of sp³-hybridized carbons (Fsp3) is 0.609. The number of rotatable bonds is 7. The molecule has 1 unspecified atom stereocenters. The standard InChI is InChI=1S/C23H32N2O8Si/c1-13(33-34(5,6)23(2,3)4)18-16-11-17(26)20(27)19(24(16)21(18)28)22(29)32-12-14-7-9-15(10-8-14)25(30)31/h7-10,13,16,18-20,27H,11-12H2,1-6H3/t13-,16-,18-,19+,20?/m1/s1. The number of ketones is 1. The quantitative estimate of drug-likeness (QED) is 0.202. The number of benzene rings is 1. The van der Waals surface area contributed by atoms with Crippen LogP contribution >= 0.6 is 0 Å². The van der Waals surface area contributed by atoms with Gasteiger partial charge >= 0.3 is 5.97 Å². The highest BCUT2D eigenvalue weighted by Crippen LogP contribution is 2.43. The summed E-state index contributed by atoms with van der Waals surface area (Å²) in [7, 11) is -2.17. The van der Waals surface area contributed by atoms with Crippen LogP contribution in [0.1, 0.15) is 39.7 Å². The van der Waals surface area contributed by atoms with Crippen LogP contribution < -0.4 is 0 Å². The second-order valence-corrected chi connectivity index (χ2v) is 15.3. The Hall–Kier alpha value is -2.63. The predicted molar refractivity (Wildman–Crippen MR) is 124 cm³/mol. The van der Waals surface area contributed by atoms with Gasteiger partial charge in [-0.15, -0.1) is 0 Å². The van der Waals surface area contributed by atoms with Crippen LogP contribution in [0.4, 0.5) is 5.69 Å². The summed E-state index contributed by atoms with van der Waals surface area (Å²) >= 11 is 0. The van der Waals surface area contributed by atoms with Gasteiger partial charge in [-0.05, 0) is 42.8 Å². The molecule has 1 N–H and O–H groups in total. The van der Waals surface area contributed by atoms with Crippen molar-refractivity contribution >= 4 is 31.7 Å². The smallest absolute Gasteiger partial charge is 0.332 e. The molecule has 10 nitrogen and oxygen atoms in total. The Morgan fingerprint density at radius 3 is 2.38 bits per heavy atom. The zero-order valence-electron chi connectivity index (χ0n) is 20.3. The Morgan fingerprint density at radius 2 is 1.85 bits per heavy atom. The van der Waals surface area contributed by atoms with Crippen LogP contribution in [-0.4, -0.2) is 65.2 Å². The molecule has 0 spiro atoms. The monoisotopic (exact) mass is 492 g/mol. The van der Waals surface area contributed by atoms with Crippen molar-refractivity contribution in [3.05, 3.63) is 39.9 Å². The number of Topliss-reactive ketones (excluding diaryl/α,β-unsaturated/α-hetero) is 1. The summed E-state index contributed by atoms with van der Waals surface area (Å²) in [6, 6.07) is 3.49. The lowest BCUT2D eigenvalue weighted by atomic mass is 9.74. The first-order valence-electron chi connectivity index (χ1n) is 11.3. The summed E-state index contributed by atoms with van der Waals surface area (Å²) in [5.41, 5.74) is 0.397. The van der Waals surface area contributed by atoms with Crippen LogP contribution in [0.15, 0.2) is 24.3 Å². The number of non-ortho nitro benzene ring substituents is 1.